The van der Waals surface area contributed by atoms with Gasteiger partial charge in [0.15, 0.2) is 9.84 Å². The zero-order chi connectivity index (χ0) is 30.1. The normalized spacial score (nSPS) is 17.1. The van der Waals surface area contributed by atoms with Crippen molar-refractivity contribution < 1.29 is 27.5 Å². The second kappa shape index (κ2) is 11.8. The summed E-state index contributed by atoms with van der Waals surface area (Å²) in [5.74, 6) is -3.30. The molecule has 0 saturated carbocycles. The summed E-state index contributed by atoms with van der Waals surface area (Å²) in [5.41, 5.74) is 5.77. The van der Waals surface area contributed by atoms with E-state index in [1.165, 1.54) is 16.7 Å². The zero-order valence-electron chi connectivity index (χ0n) is 23.3. The Labute approximate surface area is 247 Å². The Kier molecular flexibility index (Phi) is 8.76. The number of anilines is 2. The number of amides is 3. The van der Waals surface area contributed by atoms with Crippen LogP contribution in [0.4, 0.5) is 11.4 Å². The number of halogens is 1. The summed E-state index contributed by atoms with van der Waals surface area (Å²) >= 11 is 3.60. The number of benzene rings is 3. The predicted octanol–water partition coefficient (Wildman–Crippen LogP) is 3.01. The Hall–Kier alpha value is -3.48. The van der Waals surface area contributed by atoms with Gasteiger partial charge in [0.25, 0.3) is 0 Å². The van der Waals surface area contributed by atoms with Crippen LogP contribution in [0.3, 0.4) is 0 Å². The molecule has 41 heavy (non-hydrogen) atoms. The summed E-state index contributed by atoms with van der Waals surface area (Å²) in [7, 11) is -2.15. The van der Waals surface area contributed by atoms with Crippen molar-refractivity contribution in [3.63, 3.8) is 0 Å². The van der Waals surface area contributed by atoms with Crippen LogP contribution >= 0.6 is 15.9 Å². The molecule has 0 radical (unpaired) electrons. The molecular formula is C29H33BrN4O6S. The molecule has 3 aromatic rings. The van der Waals surface area contributed by atoms with Gasteiger partial charge in [-0.05, 0) is 54.6 Å². The van der Waals surface area contributed by atoms with Gasteiger partial charge in [0.2, 0.25) is 17.7 Å². The average Bonchev–Trinajstić information content (AvgIpc) is 3.03. The van der Waals surface area contributed by atoms with Crippen molar-refractivity contribution >= 4 is 65.6 Å². The molecule has 0 spiro atoms. The maximum absolute atomic E-state index is 14.6. The number of carbonyl (C=O) groups excluding carboxylic acids is 3. The third-order valence-electron chi connectivity index (χ3n) is 7.45. The number of sulfone groups is 1. The molecule has 12 heteroatoms. The maximum Gasteiger partial charge on any atom is 0.242 e. The van der Waals surface area contributed by atoms with Gasteiger partial charge in [-0.3, -0.25) is 14.4 Å². The number of methoxy groups -OCH3 is 1. The number of hydrogen-bond acceptors (Lipinski definition) is 7. The molecule has 3 aromatic carbocycles. The summed E-state index contributed by atoms with van der Waals surface area (Å²) in [6.07, 6.45) is 0.973. The van der Waals surface area contributed by atoms with Gasteiger partial charge in [0.05, 0.1) is 30.9 Å². The lowest BCUT2D eigenvalue weighted by Gasteiger charge is -2.37. The van der Waals surface area contributed by atoms with Crippen LogP contribution in [-0.2, 0) is 30.8 Å². The molecule has 1 aliphatic heterocycles. The van der Waals surface area contributed by atoms with Gasteiger partial charge >= 0.3 is 0 Å². The summed E-state index contributed by atoms with van der Waals surface area (Å²) < 4.78 is 30.8. The predicted molar refractivity (Wildman–Crippen MR) is 163 cm³/mol. The first-order valence-corrected chi connectivity index (χ1v) is 15.8. The zero-order valence-corrected chi connectivity index (χ0v) is 25.7. The number of para-hydroxylation sites is 2. The standard InChI is InChI=1S/C29H33BrN4O6S/c1-5-32-29(2,28(31)37)21-16-33(26(35)17-41(4,38)39)23-11-6-7-12-24(23)34(27(21)36)15-20-18-9-8-10-22(30)19(18)13-14-25(20)40-3/h6-14,21,32H,5,15-17H2,1-4H3,(H2,31,37)/t21-,29?/m1/s1. The number of fused-ring (bicyclic) bond motifs is 2. The molecule has 0 aromatic heterocycles. The monoisotopic (exact) mass is 644 g/mol. The Morgan fingerprint density at radius 1 is 1.10 bits per heavy atom. The van der Waals surface area contributed by atoms with E-state index in [-0.39, 0.29) is 13.1 Å². The van der Waals surface area contributed by atoms with Gasteiger partial charge in [-0.1, -0.05) is 47.1 Å². The largest absolute Gasteiger partial charge is 0.496 e. The van der Waals surface area contributed by atoms with Crippen molar-refractivity contribution in [2.24, 2.45) is 11.7 Å². The van der Waals surface area contributed by atoms with E-state index < -0.39 is 44.8 Å². The highest BCUT2D eigenvalue weighted by Crippen LogP contribution is 2.40. The third kappa shape index (κ3) is 5.95. The highest BCUT2D eigenvalue weighted by atomic mass is 79.9. The lowest BCUT2D eigenvalue weighted by Crippen LogP contribution is -2.64. The maximum atomic E-state index is 14.6. The van der Waals surface area contributed by atoms with Gasteiger partial charge in [-0.25, -0.2) is 8.42 Å². The summed E-state index contributed by atoms with van der Waals surface area (Å²) in [6, 6.07) is 16.3. The molecule has 1 heterocycles. The number of rotatable bonds is 9. The molecule has 218 valence electrons. The smallest absolute Gasteiger partial charge is 0.242 e. The molecule has 4 rings (SSSR count). The van der Waals surface area contributed by atoms with E-state index in [0.29, 0.717) is 29.2 Å². The Morgan fingerprint density at radius 2 is 1.78 bits per heavy atom. The number of primary amides is 1. The molecule has 1 unspecified atom stereocenters. The third-order valence-corrected chi connectivity index (χ3v) is 8.91. The van der Waals surface area contributed by atoms with Gasteiger partial charge in [-0.15, -0.1) is 0 Å². The van der Waals surface area contributed by atoms with E-state index in [1.54, 1.807) is 38.3 Å². The van der Waals surface area contributed by atoms with Crippen molar-refractivity contribution in [1.29, 1.82) is 0 Å². The minimum atomic E-state index is -3.70. The number of likely N-dealkylation sites (N-methyl/N-ethyl adjacent to an activating group) is 1. The van der Waals surface area contributed by atoms with Crippen LogP contribution in [0.5, 0.6) is 5.75 Å². The Bertz CT molecular complexity index is 1630. The van der Waals surface area contributed by atoms with Crippen molar-refractivity contribution in [2.45, 2.75) is 25.9 Å². The van der Waals surface area contributed by atoms with E-state index in [0.717, 1.165) is 21.5 Å². The van der Waals surface area contributed by atoms with Gasteiger partial charge in [0, 0.05) is 22.8 Å². The molecular weight excluding hydrogens is 612 g/mol. The van der Waals surface area contributed by atoms with Crippen LogP contribution in [0.15, 0.2) is 59.1 Å². The van der Waals surface area contributed by atoms with E-state index in [1.807, 2.05) is 30.3 Å². The minimum Gasteiger partial charge on any atom is -0.496 e. The van der Waals surface area contributed by atoms with Crippen LogP contribution < -0.4 is 25.6 Å². The topological polar surface area (TPSA) is 139 Å². The number of carbonyl (C=O) groups is 3. The highest BCUT2D eigenvalue weighted by molar-refractivity contribution is 9.10. The number of ether oxygens (including phenoxy) is 1. The number of nitrogens with zero attached hydrogens (tertiary/aromatic N) is 2. The number of nitrogens with two attached hydrogens (primary N) is 1. The molecule has 0 bridgehead atoms. The van der Waals surface area contributed by atoms with Crippen molar-refractivity contribution in [3.8, 4) is 5.75 Å². The molecule has 0 aliphatic carbocycles. The Balaban J connectivity index is 1.97. The van der Waals surface area contributed by atoms with Gasteiger partial charge < -0.3 is 25.6 Å². The molecule has 2 atom stereocenters. The van der Waals surface area contributed by atoms with Gasteiger partial charge in [-0.2, -0.15) is 0 Å². The SMILES string of the molecule is CCNC(C)(C(N)=O)[C@@H]1CN(C(=O)CS(C)(=O)=O)c2ccccc2N(Cc2c(OC)ccc3c(Br)cccc23)C1=O. The summed E-state index contributed by atoms with van der Waals surface area (Å²) in [4.78, 5) is 43.7. The van der Waals surface area contributed by atoms with Gasteiger partial charge in [0.1, 0.15) is 17.0 Å². The second-order valence-electron chi connectivity index (χ2n) is 10.2. The van der Waals surface area contributed by atoms with Crippen LogP contribution in [-0.4, -0.2) is 63.9 Å². The number of hydrogen-bond donors (Lipinski definition) is 2. The lowest BCUT2D eigenvalue weighted by molar-refractivity contribution is -0.134. The number of nitrogens with one attached hydrogen (secondary N) is 1. The second-order valence-corrected chi connectivity index (χ2v) is 13.2. The minimum absolute atomic E-state index is 0.0401. The van der Waals surface area contributed by atoms with Crippen LogP contribution in [0.2, 0.25) is 0 Å². The van der Waals surface area contributed by atoms with E-state index in [4.69, 9.17) is 10.5 Å². The van der Waals surface area contributed by atoms with Crippen molar-refractivity contribution in [1.82, 2.24) is 5.32 Å². The molecule has 0 saturated heterocycles. The average molecular weight is 646 g/mol. The fourth-order valence-corrected chi connectivity index (χ4v) is 6.44. The Morgan fingerprint density at radius 3 is 2.39 bits per heavy atom. The van der Waals surface area contributed by atoms with Crippen LogP contribution in [0, 0.1) is 5.92 Å². The summed E-state index contributed by atoms with van der Waals surface area (Å²) in [6.45, 7) is 3.41. The molecule has 10 nitrogen and oxygen atoms in total. The lowest BCUT2D eigenvalue weighted by atomic mass is 9.83. The van der Waals surface area contributed by atoms with E-state index in [9.17, 15) is 22.8 Å². The van der Waals surface area contributed by atoms with Crippen LogP contribution in [0.25, 0.3) is 10.8 Å². The molecule has 3 amide bonds. The first-order chi connectivity index (χ1) is 19.3. The molecule has 3 N–H and O–H groups in total. The fourth-order valence-electron chi connectivity index (χ4n) is 5.34. The molecule has 1 aliphatic rings. The van der Waals surface area contributed by atoms with E-state index in [2.05, 4.69) is 21.2 Å². The van der Waals surface area contributed by atoms with Crippen molar-refractivity contribution in [3.05, 3.63) is 64.6 Å². The highest BCUT2D eigenvalue weighted by Gasteiger charge is 2.49. The first-order valence-electron chi connectivity index (χ1n) is 13.0. The van der Waals surface area contributed by atoms with Crippen molar-refractivity contribution in [2.75, 3.05) is 42.0 Å². The van der Waals surface area contributed by atoms with E-state index >= 15 is 0 Å². The quantitative estimate of drug-likeness (QED) is 0.365. The summed E-state index contributed by atoms with van der Waals surface area (Å²) in [5, 5.41) is 4.81. The van der Waals surface area contributed by atoms with Crippen LogP contribution in [0.1, 0.15) is 19.4 Å². The molecule has 0 fully saturated rings. The fraction of sp³-hybridized carbons (Fsp3) is 0.345. The first kappa shape index (κ1) is 30.5.